The highest BCUT2D eigenvalue weighted by Crippen LogP contribution is 2.40. The molecule has 1 amide bonds. The Hall–Kier alpha value is -3.90. The number of hydrogen-bond donors (Lipinski definition) is 1. The quantitative estimate of drug-likeness (QED) is 0.234. The second-order valence-corrected chi connectivity index (χ2v) is 7.89. The Morgan fingerprint density at radius 1 is 1.06 bits per heavy atom. The normalized spacial score (nSPS) is 17.2. The molecule has 4 rings (SSSR count). The first-order valence-corrected chi connectivity index (χ1v) is 10.6. The molecule has 0 saturated carbocycles. The highest BCUT2D eigenvalue weighted by atomic mass is 35.5. The van der Waals surface area contributed by atoms with Crippen molar-refractivity contribution in [3.05, 3.63) is 113 Å². The van der Waals surface area contributed by atoms with E-state index in [1.54, 1.807) is 79.1 Å². The minimum absolute atomic E-state index is 0.0242. The SMILES string of the molecule is C=CCOc1ccc(/C(O)=C2\C(=O)C(=O)N(Cc3ccncc3)C2c2ccc(Cl)cc2)cc1. The van der Waals surface area contributed by atoms with E-state index in [0.717, 1.165) is 5.56 Å². The smallest absolute Gasteiger partial charge is 0.295 e. The average molecular weight is 461 g/mol. The van der Waals surface area contributed by atoms with Crippen molar-refractivity contribution in [1.82, 2.24) is 9.88 Å². The molecule has 33 heavy (non-hydrogen) atoms. The van der Waals surface area contributed by atoms with Gasteiger partial charge in [0.1, 0.15) is 18.1 Å². The molecule has 0 radical (unpaired) electrons. The summed E-state index contributed by atoms with van der Waals surface area (Å²) in [6.07, 6.45) is 4.88. The molecule has 1 fully saturated rings. The van der Waals surface area contributed by atoms with Crippen LogP contribution in [-0.2, 0) is 16.1 Å². The highest BCUT2D eigenvalue weighted by molar-refractivity contribution is 6.46. The molecule has 0 aliphatic carbocycles. The Kier molecular flexibility index (Phi) is 6.56. The van der Waals surface area contributed by atoms with E-state index in [0.29, 0.717) is 28.5 Å². The number of pyridine rings is 1. The molecule has 2 aromatic carbocycles. The van der Waals surface area contributed by atoms with Crippen LogP contribution in [0.1, 0.15) is 22.7 Å². The summed E-state index contributed by atoms with van der Waals surface area (Å²) in [5.41, 5.74) is 1.91. The summed E-state index contributed by atoms with van der Waals surface area (Å²) in [4.78, 5) is 31.6. The van der Waals surface area contributed by atoms with E-state index in [4.69, 9.17) is 16.3 Å². The van der Waals surface area contributed by atoms with Gasteiger partial charge in [0.15, 0.2) is 0 Å². The molecule has 1 saturated heterocycles. The summed E-state index contributed by atoms with van der Waals surface area (Å²) in [6, 6.07) is 16.3. The molecule has 166 valence electrons. The van der Waals surface area contributed by atoms with Crippen molar-refractivity contribution in [2.75, 3.05) is 6.61 Å². The van der Waals surface area contributed by atoms with Gasteiger partial charge in [-0.2, -0.15) is 0 Å². The van der Waals surface area contributed by atoms with Gasteiger partial charge in [-0.15, -0.1) is 0 Å². The van der Waals surface area contributed by atoms with Crippen LogP contribution in [0.15, 0.2) is 91.3 Å². The number of likely N-dealkylation sites (tertiary alicyclic amines) is 1. The minimum atomic E-state index is -0.771. The molecule has 1 aliphatic rings. The van der Waals surface area contributed by atoms with Gasteiger partial charge in [-0.25, -0.2) is 0 Å². The number of aliphatic hydroxyl groups excluding tert-OH is 1. The van der Waals surface area contributed by atoms with Gasteiger partial charge < -0.3 is 14.7 Å². The Balaban J connectivity index is 1.78. The average Bonchev–Trinajstić information content (AvgIpc) is 3.08. The lowest BCUT2D eigenvalue weighted by atomic mass is 9.95. The highest BCUT2D eigenvalue weighted by Gasteiger charge is 2.46. The summed E-state index contributed by atoms with van der Waals surface area (Å²) >= 11 is 6.05. The maximum absolute atomic E-state index is 13.1. The third-order valence-electron chi connectivity index (χ3n) is 5.32. The van der Waals surface area contributed by atoms with Crippen LogP contribution in [0.5, 0.6) is 5.75 Å². The van der Waals surface area contributed by atoms with Crippen molar-refractivity contribution in [3.63, 3.8) is 0 Å². The van der Waals surface area contributed by atoms with Gasteiger partial charge in [-0.1, -0.05) is 36.4 Å². The van der Waals surface area contributed by atoms with E-state index in [1.165, 1.54) is 4.90 Å². The molecule has 1 N–H and O–H groups in total. The maximum Gasteiger partial charge on any atom is 0.295 e. The van der Waals surface area contributed by atoms with Crippen molar-refractivity contribution in [3.8, 4) is 5.75 Å². The van der Waals surface area contributed by atoms with Gasteiger partial charge in [0.25, 0.3) is 11.7 Å². The monoisotopic (exact) mass is 460 g/mol. The number of ketones is 1. The fourth-order valence-electron chi connectivity index (χ4n) is 3.74. The van der Waals surface area contributed by atoms with E-state index in [-0.39, 0.29) is 17.9 Å². The molecule has 0 spiro atoms. The van der Waals surface area contributed by atoms with Gasteiger partial charge in [-0.05, 0) is 59.7 Å². The zero-order chi connectivity index (χ0) is 23.4. The number of ether oxygens (including phenoxy) is 1. The van der Waals surface area contributed by atoms with E-state index >= 15 is 0 Å². The lowest BCUT2D eigenvalue weighted by molar-refractivity contribution is -0.140. The van der Waals surface area contributed by atoms with Crippen molar-refractivity contribution in [1.29, 1.82) is 0 Å². The standard InChI is InChI=1S/C26H21ClN2O4/c1-2-15-33-21-9-5-19(6-10-21)24(30)22-23(18-3-7-20(27)8-4-18)29(26(32)25(22)31)16-17-11-13-28-14-12-17/h2-14,23,30H,1,15-16H2/b24-22+. The topological polar surface area (TPSA) is 79.7 Å². The Labute approximate surface area is 196 Å². The van der Waals surface area contributed by atoms with Crippen LogP contribution < -0.4 is 4.74 Å². The summed E-state index contributed by atoms with van der Waals surface area (Å²) in [5, 5.41) is 11.7. The Morgan fingerprint density at radius 3 is 2.36 bits per heavy atom. The van der Waals surface area contributed by atoms with Crippen molar-refractivity contribution >= 4 is 29.1 Å². The zero-order valence-electron chi connectivity index (χ0n) is 17.6. The molecule has 0 bridgehead atoms. The lowest BCUT2D eigenvalue weighted by Crippen LogP contribution is -2.29. The Bertz CT molecular complexity index is 1210. The maximum atomic E-state index is 13.1. The third-order valence-corrected chi connectivity index (χ3v) is 5.58. The van der Waals surface area contributed by atoms with Crippen LogP contribution in [-0.4, -0.2) is 33.3 Å². The fourth-order valence-corrected chi connectivity index (χ4v) is 3.87. The second-order valence-electron chi connectivity index (χ2n) is 7.46. The largest absolute Gasteiger partial charge is 0.507 e. The van der Waals surface area contributed by atoms with Crippen molar-refractivity contribution < 1.29 is 19.4 Å². The zero-order valence-corrected chi connectivity index (χ0v) is 18.4. The molecule has 1 aromatic heterocycles. The van der Waals surface area contributed by atoms with Gasteiger partial charge >= 0.3 is 0 Å². The second kappa shape index (κ2) is 9.71. The van der Waals surface area contributed by atoms with E-state index < -0.39 is 17.7 Å². The number of hydrogen-bond acceptors (Lipinski definition) is 5. The lowest BCUT2D eigenvalue weighted by Gasteiger charge is -2.25. The molecular formula is C26H21ClN2O4. The van der Waals surface area contributed by atoms with Gasteiger partial charge in [0.2, 0.25) is 0 Å². The van der Waals surface area contributed by atoms with Crippen LogP contribution in [0.2, 0.25) is 5.02 Å². The van der Waals surface area contributed by atoms with Gasteiger partial charge in [0.05, 0.1) is 11.6 Å². The first-order valence-electron chi connectivity index (χ1n) is 10.3. The molecule has 1 unspecified atom stereocenters. The predicted octanol–water partition coefficient (Wildman–Crippen LogP) is 4.92. The Morgan fingerprint density at radius 2 is 1.73 bits per heavy atom. The van der Waals surface area contributed by atoms with E-state index in [9.17, 15) is 14.7 Å². The molecule has 2 heterocycles. The molecule has 1 aliphatic heterocycles. The number of aliphatic hydroxyl groups is 1. The van der Waals surface area contributed by atoms with Crippen LogP contribution in [0.3, 0.4) is 0 Å². The van der Waals surface area contributed by atoms with Crippen LogP contribution in [0.4, 0.5) is 0 Å². The van der Waals surface area contributed by atoms with Crippen molar-refractivity contribution in [2.24, 2.45) is 0 Å². The number of nitrogens with zero attached hydrogens (tertiary/aromatic N) is 2. The van der Waals surface area contributed by atoms with Gasteiger partial charge in [-0.3, -0.25) is 14.6 Å². The number of amides is 1. The molecule has 1 atom stereocenters. The third kappa shape index (κ3) is 4.66. The predicted molar refractivity (Wildman–Crippen MR) is 126 cm³/mol. The first kappa shape index (κ1) is 22.3. The molecule has 6 nitrogen and oxygen atoms in total. The number of benzene rings is 2. The summed E-state index contributed by atoms with van der Waals surface area (Å²) < 4.78 is 5.48. The number of carbonyl (C=O) groups is 2. The molecule has 7 heteroatoms. The van der Waals surface area contributed by atoms with E-state index in [1.807, 2.05) is 0 Å². The summed E-state index contributed by atoms with van der Waals surface area (Å²) in [6.45, 7) is 4.15. The number of Topliss-reactive ketones (excluding diaryl/α,β-unsaturated/α-hetero) is 1. The first-order chi connectivity index (χ1) is 16.0. The minimum Gasteiger partial charge on any atom is -0.507 e. The van der Waals surface area contributed by atoms with Crippen LogP contribution in [0, 0.1) is 0 Å². The van der Waals surface area contributed by atoms with Gasteiger partial charge in [0, 0.05) is 29.5 Å². The molecular weight excluding hydrogens is 440 g/mol. The number of aromatic nitrogens is 1. The summed E-state index contributed by atoms with van der Waals surface area (Å²) in [7, 11) is 0. The van der Waals surface area contributed by atoms with Crippen LogP contribution in [0.25, 0.3) is 5.76 Å². The summed E-state index contributed by atoms with van der Waals surface area (Å²) in [5.74, 6) is -1.08. The number of halogens is 1. The van der Waals surface area contributed by atoms with Crippen molar-refractivity contribution in [2.45, 2.75) is 12.6 Å². The van der Waals surface area contributed by atoms with Crippen LogP contribution >= 0.6 is 11.6 Å². The number of rotatable bonds is 7. The number of carbonyl (C=O) groups excluding carboxylic acids is 2. The fraction of sp³-hybridized carbons (Fsp3) is 0.115. The van der Waals surface area contributed by atoms with E-state index in [2.05, 4.69) is 11.6 Å². The molecule has 3 aromatic rings.